The van der Waals surface area contributed by atoms with Crippen LogP contribution in [0.15, 0.2) is 30.5 Å². The second kappa shape index (κ2) is 7.43. The minimum Gasteiger partial charge on any atom is -0.494 e. The van der Waals surface area contributed by atoms with Gasteiger partial charge in [-0.2, -0.15) is 5.10 Å². The Morgan fingerprint density at radius 3 is 3.19 bits per heavy atom. The van der Waals surface area contributed by atoms with Crippen LogP contribution in [0.1, 0.15) is 36.3 Å². The zero-order valence-corrected chi connectivity index (χ0v) is 15.4. The average molecular weight is 371 g/mol. The third-order valence-electron chi connectivity index (χ3n) is 4.38. The molecular weight excluding hydrogens is 350 g/mol. The van der Waals surface area contributed by atoms with Crippen molar-refractivity contribution in [3.8, 4) is 5.75 Å². The molecule has 1 unspecified atom stereocenters. The van der Waals surface area contributed by atoms with Crippen LogP contribution in [0.25, 0.3) is 10.2 Å². The Morgan fingerprint density at radius 2 is 2.38 bits per heavy atom. The molecule has 2 N–H and O–H groups in total. The van der Waals surface area contributed by atoms with E-state index in [0.29, 0.717) is 23.5 Å². The molecule has 3 aromatic rings. The van der Waals surface area contributed by atoms with Crippen molar-refractivity contribution in [1.82, 2.24) is 20.1 Å². The van der Waals surface area contributed by atoms with Gasteiger partial charge in [-0.1, -0.05) is 11.3 Å². The fourth-order valence-corrected chi connectivity index (χ4v) is 3.99. The molecular formula is C18H21N5O2S. The number of carbonyl (C=O) groups excluding carboxylic acids is 1. The van der Waals surface area contributed by atoms with Gasteiger partial charge >= 0.3 is 0 Å². The van der Waals surface area contributed by atoms with Crippen LogP contribution in [-0.4, -0.2) is 40.4 Å². The van der Waals surface area contributed by atoms with Gasteiger partial charge in [0.15, 0.2) is 10.8 Å². The summed E-state index contributed by atoms with van der Waals surface area (Å²) in [7, 11) is 0. The number of ether oxygens (including phenoxy) is 1. The van der Waals surface area contributed by atoms with E-state index in [1.54, 1.807) is 6.07 Å². The molecule has 1 aromatic carbocycles. The molecule has 1 aliphatic rings. The number of benzene rings is 1. The van der Waals surface area contributed by atoms with Crippen molar-refractivity contribution in [2.75, 3.05) is 25.0 Å². The summed E-state index contributed by atoms with van der Waals surface area (Å²) in [6, 6.07) is 7.79. The number of thiazole rings is 1. The maximum atomic E-state index is 12.5. The van der Waals surface area contributed by atoms with Gasteiger partial charge in [0.25, 0.3) is 5.91 Å². The summed E-state index contributed by atoms with van der Waals surface area (Å²) in [6.07, 6.45) is 4.08. The average Bonchev–Trinajstić information content (AvgIpc) is 3.29. The third-order valence-corrected chi connectivity index (χ3v) is 5.31. The van der Waals surface area contributed by atoms with E-state index in [-0.39, 0.29) is 5.91 Å². The number of carbonyl (C=O) groups is 1. The zero-order valence-electron chi connectivity index (χ0n) is 14.6. The van der Waals surface area contributed by atoms with Crippen LogP contribution in [0, 0.1) is 0 Å². The van der Waals surface area contributed by atoms with E-state index in [9.17, 15) is 4.79 Å². The zero-order chi connectivity index (χ0) is 17.9. The number of fused-ring (bicyclic) bond motifs is 1. The molecule has 3 heterocycles. The number of aromatic nitrogens is 3. The molecule has 0 aliphatic carbocycles. The lowest BCUT2D eigenvalue weighted by Gasteiger charge is -2.22. The second-order valence-corrected chi connectivity index (χ2v) is 7.25. The van der Waals surface area contributed by atoms with Crippen molar-refractivity contribution in [3.05, 3.63) is 36.2 Å². The molecule has 1 fully saturated rings. The molecule has 1 atom stereocenters. The number of anilines is 1. The first-order chi connectivity index (χ1) is 12.7. The summed E-state index contributed by atoms with van der Waals surface area (Å²) in [5.74, 6) is 0.568. The number of nitrogens with zero attached hydrogens (tertiary/aromatic N) is 3. The highest BCUT2D eigenvalue weighted by Crippen LogP contribution is 2.29. The maximum absolute atomic E-state index is 12.5. The van der Waals surface area contributed by atoms with E-state index < -0.39 is 0 Å². The van der Waals surface area contributed by atoms with E-state index in [1.165, 1.54) is 11.3 Å². The van der Waals surface area contributed by atoms with Gasteiger partial charge in [0.05, 0.1) is 22.9 Å². The molecule has 0 radical (unpaired) electrons. The quantitative estimate of drug-likeness (QED) is 0.720. The minimum absolute atomic E-state index is 0.239. The van der Waals surface area contributed by atoms with Gasteiger partial charge in [0.2, 0.25) is 0 Å². The highest BCUT2D eigenvalue weighted by atomic mass is 32.1. The summed E-state index contributed by atoms with van der Waals surface area (Å²) >= 11 is 1.43. The molecule has 8 heteroatoms. The topological polar surface area (TPSA) is 81.1 Å². The molecule has 1 aliphatic heterocycles. The van der Waals surface area contributed by atoms with Crippen molar-refractivity contribution < 1.29 is 9.53 Å². The number of rotatable bonds is 5. The highest BCUT2D eigenvalue weighted by Gasteiger charge is 2.18. The first-order valence-electron chi connectivity index (χ1n) is 8.83. The van der Waals surface area contributed by atoms with Crippen LogP contribution in [0.2, 0.25) is 0 Å². The molecule has 0 spiro atoms. The lowest BCUT2D eigenvalue weighted by molar-refractivity contribution is 0.102. The third kappa shape index (κ3) is 3.56. The predicted octanol–water partition coefficient (Wildman–Crippen LogP) is 3.07. The summed E-state index contributed by atoms with van der Waals surface area (Å²) in [5.41, 5.74) is 1.25. The largest absolute Gasteiger partial charge is 0.494 e. The van der Waals surface area contributed by atoms with E-state index >= 15 is 0 Å². The van der Waals surface area contributed by atoms with Gasteiger partial charge < -0.3 is 10.1 Å². The fourth-order valence-electron chi connectivity index (χ4n) is 3.10. The Morgan fingerprint density at radius 1 is 1.46 bits per heavy atom. The van der Waals surface area contributed by atoms with Crippen LogP contribution in [0.3, 0.4) is 0 Å². The van der Waals surface area contributed by atoms with Gasteiger partial charge in [-0.15, -0.1) is 0 Å². The molecule has 1 saturated heterocycles. The van der Waals surface area contributed by atoms with Gasteiger partial charge in [-0.3, -0.25) is 14.8 Å². The smallest absolute Gasteiger partial charge is 0.277 e. The Bertz CT molecular complexity index is 913. The van der Waals surface area contributed by atoms with E-state index in [0.717, 1.165) is 41.9 Å². The molecule has 26 heavy (non-hydrogen) atoms. The summed E-state index contributed by atoms with van der Waals surface area (Å²) < 4.78 is 8.37. The number of piperidine rings is 1. The second-order valence-electron chi connectivity index (χ2n) is 6.22. The molecule has 1 amide bonds. The van der Waals surface area contributed by atoms with Crippen LogP contribution in [-0.2, 0) is 0 Å². The molecule has 136 valence electrons. The van der Waals surface area contributed by atoms with E-state index in [4.69, 9.17) is 4.74 Å². The van der Waals surface area contributed by atoms with Crippen LogP contribution >= 0.6 is 11.3 Å². The van der Waals surface area contributed by atoms with Gasteiger partial charge in [0.1, 0.15) is 5.75 Å². The van der Waals surface area contributed by atoms with Crippen molar-refractivity contribution in [1.29, 1.82) is 0 Å². The normalized spacial score (nSPS) is 17.3. The van der Waals surface area contributed by atoms with Gasteiger partial charge in [-0.05, 0) is 50.6 Å². The van der Waals surface area contributed by atoms with Gasteiger partial charge in [0, 0.05) is 12.7 Å². The summed E-state index contributed by atoms with van der Waals surface area (Å²) in [5, 5.41) is 11.2. The number of amides is 1. The SMILES string of the molecule is CCOc1ccc2nc(NC(=O)c3ccn(C4CCCNC4)n3)sc2c1. The van der Waals surface area contributed by atoms with Gasteiger partial charge in [-0.25, -0.2) is 4.98 Å². The molecule has 2 aromatic heterocycles. The highest BCUT2D eigenvalue weighted by molar-refractivity contribution is 7.22. The Balaban J connectivity index is 1.47. The lowest BCUT2D eigenvalue weighted by Crippen LogP contribution is -2.32. The summed E-state index contributed by atoms with van der Waals surface area (Å²) in [4.78, 5) is 17.0. The first-order valence-corrected chi connectivity index (χ1v) is 9.65. The fraction of sp³-hybridized carbons (Fsp3) is 0.389. The number of nitrogens with one attached hydrogen (secondary N) is 2. The Kier molecular flexibility index (Phi) is 4.85. The van der Waals surface area contributed by atoms with Crippen molar-refractivity contribution >= 4 is 32.6 Å². The summed E-state index contributed by atoms with van der Waals surface area (Å²) in [6.45, 7) is 4.51. The Hall–Kier alpha value is -2.45. The minimum atomic E-state index is -0.239. The van der Waals surface area contributed by atoms with Crippen LogP contribution in [0.4, 0.5) is 5.13 Å². The van der Waals surface area contributed by atoms with Crippen LogP contribution < -0.4 is 15.4 Å². The van der Waals surface area contributed by atoms with E-state index in [1.807, 2.05) is 36.0 Å². The number of hydrogen-bond acceptors (Lipinski definition) is 6. The monoisotopic (exact) mass is 371 g/mol. The first kappa shape index (κ1) is 17.0. The number of hydrogen-bond donors (Lipinski definition) is 2. The Labute approximate surface area is 155 Å². The van der Waals surface area contributed by atoms with Crippen molar-refractivity contribution in [3.63, 3.8) is 0 Å². The molecule has 0 bridgehead atoms. The molecule has 7 nitrogen and oxygen atoms in total. The molecule has 4 rings (SSSR count). The lowest BCUT2D eigenvalue weighted by atomic mass is 10.1. The van der Waals surface area contributed by atoms with Crippen molar-refractivity contribution in [2.45, 2.75) is 25.8 Å². The van der Waals surface area contributed by atoms with Crippen molar-refractivity contribution in [2.24, 2.45) is 0 Å². The van der Waals surface area contributed by atoms with Crippen LogP contribution in [0.5, 0.6) is 5.75 Å². The predicted molar refractivity (Wildman–Crippen MR) is 102 cm³/mol. The maximum Gasteiger partial charge on any atom is 0.277 e. The molecule has 0 saturated carbocycles. The van der Waals surface area contributed by atoms with E-state index in [2.05, 4.69) is 20.7 Å². The standard InChI is InChI=1S/C18H21N5O2S/c1-2-25-13-5-6-14-16(10-13)26-18(20-14)21-17(24)15-7-9-23(22-15)12-4-3-8-19-11-12/h5-7,9-10,12,19H,2-4,8,11H2,1H3,(H,20,21,24).